The van der Waals surface area contributed by atoms with E-state index >= 15 is 0 Å². The van der Waals surface area contributed by atoms with Gasteiger partial charge in [-0.2, -0.15) is 0 Å². The minimum atomic E-state index is -3.54. The zero-order valence-electron chi connectivity index (χ0n) is 21.3. The minimum Gasteiger partial charge on any atom is -0.497 e. The highest BCUT2D eigenvalue weighted by molar-refractivity contribution is 7.89. The quantitative estimate of drug-likeness (QED) is 0.352. The van der Waals surface area contributed by atoms with Crippen molar-refractivity contribution in [3.63, 3.8) is 0 Å². The van der Waals surface area contributed by atoms with Gasteiger partial charge >= 0.3 is 0 Å². The van der Waals surface area contributed by atoms with Crippen molar-refractivity contribution < 1.29 is 27.2 Å². The van der Waals surface area contributed by atoms with E-state index in [4.69, 9.17) is 9.15 Å². The molecule has 3 rings (SSSR count). The van der Waals surface area contributed by atoms with Gasteiger partial charge in [0.15, 0.2) is 0 Å². The summed E-state index contributed by atoms with van der Waals surface area (Å²) in [6, 6.07) is 16.6. The van der Waals surface area contributed by atoms with Crippen LogP contribution in [0.1, 0.15) is 37.2 Å². The monoisotopic (exact) mass is 527 g/mol. The van der Waals surface area contributed by atoms with Crippen LogP contribution in [-0.2, 0) is 39.1 Å². The zero-order chi connectivity index (χ0) is 26.8. The van der Waals surface area contributed by atoms with Gasteiger partial charge in [0.2, 0.25) is 21.8 Å². The summed E-state index contributed by atoms with van der Waals surface area (Å²) in [6.45, 7) is 4.18. The molecule has 1 aromatic heterocycles. The number of hydrogen-bond acceptors (Lipinski definition) is 6. The predicted molar refractivity (Wildman–Crippen MR) is 139 cm³/mol. The fourth-order valence-electron chi connectivity index (χ4n) is 3.75. The molecule has 1 heterocycles. The third-order valence-electron chi connectivity index (χ3n) is 5.89. The Morgan fingerprint density at radius 1 is 1.03 bits per heavy atom. The van der Waals surface area contributed by atoms with Crippen LogP contribution in [0.4, 0.5) is 0 Å². The Balaban J connectivity index is 1.70. The van der Waals surface area contributed by atoms with E-state index in [0.29, 0.717) is 24.5 Å². The van der Waals surface area contributed by atoms with Crippen LogP contribution in [0.3, 0.4) is 0 Å². The molecule has 37 heavy (non-hydrogen) atoms. The van der Waals surface area contributed by atoms with Crippen molar-refractivity contribution in [1.29, 1.82) is 0 Å². The SMILES string of the molecule is CCNS(=O)(=O)c1ccc(CCC(=O)N(Cc2ccc(OC)cc2)C(C)C(=O)NCc2ccco2)cc1. The molecule has 0 radical (unpaired) electrons. The van der Waals surface area contributed by atoms with Gasteiger partial charge in [0.1, 0.15) is 17.6 Å². The van der Waals surface area contributed by atoms with Crippen molar-refractivity contribution >= 4 is 21.8 Å². The first kappa shape index (κ1) is 27.9. The van der Waals surface area contributed by atoms with Gasteiger partial charge in [-0.25, -0.2) is 13.1 Å². The largest absolute Gasteiger partial charge is 0.497 e. The number of carbonyl (C=O) groups excluding carboxylic acids is 2. The lowest BCUT2D eigenvalue weighted by Crippen LogP contribution is -2.47. The summed E-state index contributed by atoms with van der Waals surface area (Å²) in [4.78, 5) is 28.0. The van der Waals surface area contributed by atoms with Crippen molar-refractivity contribution in [3.05, 3.63) is 83.8 Å². The van der Waals surface area contributed by atoms with Gasteiger partial charge in [0.25, 0.3) is 0 Å². The summed E-state index contributed by atoms with van der Waals surface area (Å²) >= 11 is 0. The van der Waals surface area contributed by atoms with E-state index in [0.717, 1.165) is 11.1 Å². The molecule has 10 heteroatoms. The van der Waals surface area contributed by atoms with E-state index in [2.05, 4.69) is 10.0 Å². The zero-order valence-corrected chi connectivity index (χ0v) is 22.1. The number of sulfonamides is 1. The molecular weight excluding hydrogens is 494 g/mol. The highest BCUT2D eigenvalue weighted by Gasteiger charge is 2.26. The molecule has 2 amide bonds. The molecule has 2 aromatic carbocycles. The van der Waals surface area contributed by atoms with Crippen molar-refractivity contribution in [2.24, 2.45) is 0 Å². The maximum Gasteiger partial charge on any atom is 0.242 e. The number of rotatable bonds is 13. The van der Waals surface area contributed by atoms with Crippen molar-refractivity contribution in [2.45, 2.75) is 50.7 Å². The second-order valence-corrected chi connectivity index (χ2v) is 10.3. The van der Waals surface area contributed by atoms with Crippen molar-refractivity contribution in [1.82, 2.24) is 14.9 Å². The fourth-order valence-corrected chi connectivity index (χ4v) is 4.79. The average molecular weight is 528 g/mol. The highest BCUT2D eigenvalue weighted by atomic mass is 32.2. The molecule has 9 nitrogen and oxygen atoms in total. The van der Waals surface area contributed by atoms with E-state index in [1.165, 1.54) is 18.4 Å². The number of furan rings is 1. The van der Waals surface area contributed by atoms with E-state index in [1.54, 1.807) is 50.1 Å². The molecule has 0 fully saturated rings. The number of ether oxygens (including phenoxy) is 1. The van der Waals surface area contributed by atoms with Crippen LogP contribution < -0.4 is 14.8 Å². The lowest BCUT2D eigenvalue weighted by atomic mass is 10.1. The standard InChI is InChI=1S/C27H33N3O6S/c1-4-29-37(33,34)25-14-9-21(10-15-25)11-16-26(31)30(19-22-7-12-23(35-3)13-8-22)20(2)27(32)28-18-24-6-5-17-36-24/h5-10,12-15,17,20,29H,4,11,16,18-19H2,1-3H3,(H,28,32). The van der Waals surface area contributed by atoms with Gasteiger partial charge in [-0.05, 0) is 60.9 Å². The maximum atomic E-state index is 13.3. The van der Waals surface area contributed by atoms with E-state index < -0.39 is 16.1 Å². The van der Waals surface area contributed by atoms with Gasteiger partial charge in [-0.15, -0.1) is 0 Å². The van der Waals surface area contributed by atoms with Gasteiger partial charge in [0, 0.05) is 19.5 Å². The van der Waals surface area contributed by atoms with Crippen LogP contribution in [0.15, 0.2) is 76.2 Å². The molecular formula is C27H33N3O6S. The predicted octanol–water partition coefficient (Wildman–Crippen LogP) is 3.25. The number of nitrogens with zero attached hydrogens (tertiary/aromatic N) is 1. The Morgan fingerprint density at radius 2 is 1.70 bits per heavy atom. The van der Waals surface area contributed by atoms with Crippen LogP contribution in [0.2, 0.25) is 0 Å². The van der Waals surface area contributed by atoms with Crippen molar-refractivity contribution in [3.8, 4) is 5.75 Å². The number of benzene rings is 2. The summed E-state index contributed by atoms with van der Waals surface area (Å²) in [5.41, 5.74) is 1.68. The second-order valence-electron chi connectivity index (χ2n) is 8.49. The van der Waals surface area contributed by atoms with E-state index in [-0.39, 0.29) is 36.2 Å². The fraction of sp³-hybridized carbons (Fsp3) is 0.333. The Kier molecular flexibility index (Phi) is 9.87. The summed E-state index contributed by atoms with van der Waals surface area (Å²) in [5.74, 6) is 0.829. The Hall–Kier alpha value is -3.63. The number of aryl methyl sites for hydroxylation is 1. The Labute approximate surface area is 217 Å². The van der Waals surface area contributed by atoms with Gasteiger partial charge in [0.05, 0.1) is 24.8 Å². The summed E-state index contributed by atoms with van der Waals surface area (Å²) in [5, 5.41) is 2.82. The molecule has 2 N–H and O–H groups in total. The number of nitrogens with one attached hydrogen (secondary N) is 2. The van der Waals surface area contributed by atoms with Crippen LogP contribution in [0.5, 0.6) is 5.75 Å². The highest BCUT2D eigenvalue weighted by Crippen LogP contribution is 2.17. The van der Waals surface area contributed by atoms with Gasteiger partial charge in [-0.3, -0.25) is 9.59 Å². The molecule has 0 aliphatic heterocycles. The smallest absolute Gasteiger partial charge is 0.242 e. The Morgan fingerprint density at radius 3 is 2.30 bits per heavy atom. The number of carbonyl (C=O) groups is 2. The lowest BCUT2D eigenvalue weighted by molar-refractivity contribution is -0.140. The lowest BCUT2D eigenvalue weighted by Gasteiger charge is -2.29. The first-order valence-corrected chi connectivity index (χ1v) is 13.5. The van der Waals surface area contributed by atoms with E-state index in [1.807, 2.05) is 24.3 Å². The topological polar surface area (TPSA) is 118 Å². The van der Waals surface area contributed by atoms with Crippen LogP contribution >= 0.6 is 0 Å². The summed E-state index contributed by atoms with van der Waals surface area (Å²) in [7, 11) is -1.96. The van der Waals surface area contributed by atoms with Gasteiger partial charge < -0.3 is 19.4 Å². The number of hydrogen-bond donors (Lipinski definition) is 2. The first-order chi connectivity index (χ1) is 17.7. The molecule has 0 aliphatic carbocycles. The molecule has 0 saturated carbocycles. The molecule has 0 saturated heterocycles. The molecule has 0 aliphatic rings. The molecule has 3 aromatic rings. The minimum absolute atomic E-state index is 0.158. The van der Waals surface area contributed by atoms with Gasteiger partial charge in [-0.1, -0.05) is 31.2 Å². The molecule has 198 valence electrons. The average Bonchev–Trinajstić information content (AvgIpc) is 3.43. The van der Waals surface area contributed by atoms with Crippen LogP contribution in [0.25, 0.3) is 0 Å². The first-order valence-electron chi connectivity index (χ1n) is 12.0. The molecule has 0 spiro atoms. The number of methoxy groups -OCH3 is 1. The van der Waals surface area contributed by atoms with E-state index in [9.17, 15) is 18.0 Å². The summed E-state index contributed by atoms with van der Waals surface area (Å²) < 4.78 is 37.2. The Bertz CT molecular complexity index is 1260. The third-order valence-corrected chi connectivity index (χ3v) is 7.45. The second kappa shape index (κ2) is 13.1. The normalized spacial score (nSPS) is 12.1. The van der Waals surface area contributed by atoms with Crippen LogP contribution in [-0.4, -0.2) is 44.8 Å². The number of amides is 2. The third kappa shape index (κ3) is 7.93. The maximum absolute atomic E-state index is 13.3. The molecule has 1 atom stereocenters. The van der Waals surface area contributed by atoms with Crippen LogP contribution in [0, 0.1) is 0 Å². The summed E-state index contributed by atoms with van der Waals surface area (Å²) in [6.07, 6.45) is 2.10. The molecule has 1 unspecified atom stereocenters. The van der Waals surface area contributed by atoms with Crippen molar-refractivity contribution in [2.75, 3.05) is 13.7 Å². The molecule has 0 bridgehead atoms.